The van der Waals surface area contributed by atoms with Gasteiger partial charge in [0.1, 0.15) is 0 Å². The molecule has 0 amide bonds. The highest BCUT2D eigenvalue weighted by Gasteiger charge is 2.29. The van der Waals surface area contributed by atoms with E-state index < -0.39 is 10.0 Å². The van der Waals surface area contributed by atoms with Gasteiger partial charge in [-0.1, -0.05) is 0 Å². The quantitative estimate of drug-likeness (QED) is 0.582. The number of rotatable bonds is 6. The van der Waals surface area contributed by atoms with Crippen LogP contribution in [0.15, 0.2) is 0 Å². The maximum absolute atomic E-state index is 11.4. The number of sulfonamides is 1. The predicted octanol–water partition coefficient (Wildman–Crippen LogP) is -0.710. The van der Waals surface area contributed by atoms with Gasteiger partial charge in [-0.2, -0.15) is 0 Å². The van der Waals surface area contributed by atoms with E-state index in [0.717, 1.165) is 12.8 Å². The molecule has 14 heavy (non-hydrogen) atoms. The number of nitrogens with one attached hydrogen (secondary N) is 1. The molecule has 6 heteroatoms. The first-order valence-corrected chi connectivity index (χ1v) is 6.40. The normalized spacial score (nSPS) is 27.3. The number of methoxy groups -OCH3 is 1. The summed E-state index contributed by atoms with van der Waals surface area (Å²) in [5.74, 6) is 0.440. The molecule has 1 fully saturated rings. The molecule has 1 rings (SSSR count). The van der Waals surface area contributed by atoms with Gasteiger partial charge in [0.15, 0.2) is 0 Å². The molecule has 3 N–H and O–H groups in total. The minimum absolute atomic E-state index is 0.199. The Morgan fingerprint density at radius 1 is 1.50 bits per heavy atom. The Morgan fingerprint density at radius 2 is 2.14 bits per heavy atom. The lowest BCUT2D eigenvalue weighted by atomic mass is 9.82. The van der Waals surface area contributed by atoms with E-state index >= 15 is 0 Å². The van der Waals surface area contributed by atoms with Crippen molar-refractivity contribution in [3.8, 4) is 0 Å². The number of nitrogens with two attached hydrogens (primary N) is 1. The van der Waals surface area contributed by atoms with Crippen molar-refractivity contribution in [3.63, 3.8) is 0 Å². The van der Waals surface area contributed by atoms with E-state index in [-0.39, 0.29) is 17.7 Å². The lowest BCUT2D eigenvalue weighted by molar-refractivity contribution is 0.204. The van der Waals surface area contributed by atoms with Gasteiger partial charge in [0.25, 0.3) is 0 Å². The van der Waals surface area contributed by atoms with E-state index in [1.54, 1.807) is 7.11 Å². The summed E-state index contributed by atoms with van der Waals surface area (Å²) in [5.41, 5.74) is 5.57. The molecular weight excluding hydrogens is 204 g/mol. The molecule has 1 saturated carbocycles. The smallest absolute Gasteiger partial charge is 0.211 e. The van der Waals surface area contributed by atoms with E-state index in [0.29, 0.717) is 13.2 Å². The largest absolute Gasteiger partial charge is 0.383 e. The fraction of sp³-hybridized carbons (Fsp3) is 1.00. The molecule has 0 spiro atoms. The lowest BCUT2D eigenvalue weighted by Crippen LogP contribution is -2.42. The molecule has 0 saturated heterocycles. The van der Waals surface area contributed by atoms with E-state index in [1.807, 2.05) is 0 Å². The molecule has 1 aliphatic rings. The molecule has 0 aromatic carbocycles. The maximum Gasteiger partial charge on any atom is 0.211 e. The summed E-state index contributed by atoms with van der Waals surface area (Å²) in [5, 5.41) is 0. The molecule has 84 valence electrons. The predicted molar refractivity (Wildman–Crippen MR) is 54.4 cm³/mol. The minimum Gasteiger partial charge on any atom is -0.383 e. The summed E-state index contributed by atoms with van der Waals surface area (Å²) in [4.78, 5) is 0. The minimum atomic E-state index is -3.12. The zero-order valence-corrected chi connectivity index (χ0v) is 9.22. The molecule has 0 radical (unpaired) electrons. The molecule has 5 nitrogen and oxygen atoms in total. The third kappa shape index (κ3) is 3.91. The molecule has 0 atom stereocenters. The molecule has 0 aromatic heterocycles. The van der Waals surface area contributed by atoms with Crippen molar-refractivity contribution in [1.29, 1.82) is 0 Å². The summed E-state index contributed by atoms with van der Waals surface area (Å²) in [6.07, 6.45) is 1.65. The second kappa shape index (κ2) is 5.06. The second-order valence-corrected chi connectivity index (χ2v) is 5.62. The van der Waals surface area contributed by atoms with Gasteiger partial charge in [-0.3, -0.25) is 0 Å². The number of ether oxygens (including phenoxy) is 1. The fourth-order valence-electron chi connectivity index (χ4n) is 1.59. The van der Waals surface area contributed by atoms with Crippen LogP contribution in [0.2, 0.25) is 0 Å². The third-order valence-corrected chi connectivity index (χ3v) is 3.91. The lowest BCUT2D eigenvalue weighted by Gasteiger charge is -2.31. The van der Waals surface area contributed by atoms with Gasteiger partial charge in [0.05, 0.1) is 12.4 Å². The van der Waals surface area contributed by atoms with Gasteiger partial charge < -0.3 is 10.5 Å². The fourth-order valence-corrected chi connectivity index (χ4v) is 3.00. The third-order valence-electron chi connectivity index (χ3n) is 2.36. The van der Waals surface area contributed by atoms with Crippen molar-refractivity contribution in [2.45, 2.75) is 18.9 Å². The Bertz CT molecular complexity index is 260. The monoisotopic (exact) mass is 222 g/mol. The van der Waals surface area contributed by atoms with Gasteiger partial charge in [-0.15, -0.1) is 0 Å². The van der Waals surface area contributed by atoms with Gasteiger partial charge >= 0.3 is 0 Å². The summed E-state index contributed by atoms with van der Waals surface area (Å²) in [6, 6.07) is 0.203. The molecule has 1 aliphatic carbocycles. The molecular formula is C8H18N2O3S. The maximum atomic E-state index is 11.4. The van der Waals surface area contributed by atoms with Crippen LogP contribution < -0.4 is 10.5 Å². The number of hydrogen-bond acceptors (Lipinski definition) is 4. The van der Waals surface area contributed by atoms with Crippen LogP contribution in [0, 0.1) is 5.92 Å². The van der Waals surface area contributed by atoms with Crippen LogP contribution in [0.5, 0.6) is 0 Å². The summed E-state index contributed by atoms with van der Waals surface area (Å²) in [6.45, 7) is 0.751. The highest BCUT2D eigenvalue weighted by atomic mass is 32.2. The Labute approximate surface area is 85.1 Å². The van der Waals surface area contributed by atoms with Crippen molar-refractivity contribution < 1.29 is 13.2 Å². The first kappa shape index (κ1) is 11.9. The van der Waals surface area contributed by atoms with Crippen molar-refractivity contribution in [2.24, 2.45) is 11.7 Å². The van der Waals surface area contributed by atoms with Crippen molar-refractivity contribution in [1.82, 2.24) is 4.72 Å². The van der Waals surface area contributed by atoms with Crippen LogP contribution in [-0.4, -0.2) is 40.5 Å². The Morgan fingerprint density at radius 3 is 2.64 bits per heavy atom. The van der Waals surface area contributed by atoms with E-state index in [4.69, 9.17) is 10.5 Å². The highest BCUT2D eigenvalue weighted by molar-refractivity contribution is 7.89. The molecule has 0 bridgehead atoms. The van der Waals surface area contributed by atoms with E-state index in [2.05, 4.69) is 4.72 Å². The molecule has 0 aromatic rings. The van der Waals surface area contributed by atoms with Gasteiger partial charge in [-0.25, -0.2) is 13.1 Å². The van der Waals surface area contributed by atoms with Crippen LogP contribution in [0.4, 0.5) is 0 Å². The zero-order chi connectivity index (χ0) is 10.6. The zero-order valence-electron chi connectivity index (χ0n) is 8.40. The van der Waals surface area contributed by atoms with Crippen molar-refractivity contribution >= 4 is 10.0 Å². The average molecular weight is 222 g/mol. The summed E-state index contributed by atoms with van der Waals surface area (Å²) >= 11 is 0. The first-order chi connectivity index (χ1) is 6.53. The highest BCUT2D eigenvalue weighted by Crippen LogP contribution is 2.26. The van der Waals surface area contributed by atoms with E-state index in [1.165, 1.54) is 0 Å². The Kier molecular flexibility index (Phi) is 4.31. The van der Waals surface area contributed by atoms with Gasteiger partial charge in [0.2, 0.25) is 10.0 Å². The summed E-state index contributed by atoms with van der Waals surface area (Å²) in [7, 11) is -1.58. The van der Waals surface area contributed by atoms with Crippen LogP contribution in [0.25, 0.3) is 0 Å². The number of hydrogen-bond donors (Lipinski definition) is 2. The average Bonchev–Trinajstić information content (AvgIpc) is 2.01. The summed E-state index contributed by atoms with van der Waals surface area (Å²) < 4.78 is 30.0. The van der Waals surface area contributed by atoms with Crippen molar-refractivity contribution in [2.75, 3.05) is 26.0 Å². The van der Waals surface area contributed by atoms with Gasteiger partial charge in [-0.05, 0) is 18.8 Å². The molecule has 0 unspecified atom stereocenters. The van der Waals surface area contributed by atoms with Gasteiger partial charge in [0, 0.05) is 19.7 Å². The second-order valence-electron chi connectivity index (χ2n) is 3.77. The topological polar surface area (TPSA) is 81.4 Å². The van der Waals surface area contributed by atoms with Crippen LogP contribution in [0.1, 0.15) is 12.8 Å². The SMILES string of the molecule is COCCNS(=O)(=O)CC1CC(N)C1. The Balaban J connectivity index is 2.21. The van der Waals surface area contributed by atoms with Crippen molar-refractivity contribution in [3.05, 3.63) is 0 Å². The van der Waals surface area contributed by atoms with E-state index in [9.17, 15) is 8.42 Å². The molecule has 0 heterocycles. The van der Waals surface area contributed by atoms with Crippen LogP contribution in [0.3, 0.4) is 0 Å². The molecule has 0 aliphatic heterocycles. The Hall–Kier alpha value is -0.170. The first-order valence-electron chi connectivity index (χ1n) is 4.75. The van der Waals surface area contributed by atoms with Crippen LogP contribution in [-0.2, 0) is 14.8 Å². The standard InChI is InChI=1S/C8H18N2O3S/c1-13-3-2-10-14(11,12)6-7-4-8(9)5-7/h7-8,10H,2-6,9H2,1H3. The van der Waals surface area contributed by atoms with Crippen LogP contribution >= 0.6 is 0 Å².